The lowest BCUT2D eigenvalue weighted by molar-refractivity contribution is -0.153. The van der Waals surface area contributed by atoms with Crippen molar-refractivity contribution in [2.75, 3.05) is 24.6 Å². The monoisotopic (exact) mass is 303 g/mol. The van der Waals surface area contributed by atoms with Crippen molar-refractivity contribution in [3.05, 3.63) is 24.5 Å². The molecule has 2 saturated heterocycles. The van der Waals surface area contributed by atoms with Crippen LogP contribution in [0.15, 0.2) is 24.5 Å². The zero-order chi connectivity index (χ0) is 15.7. The molecule has 5 nitrogen and oxygen atoms in total. The highest BCUT2D eigenvalue weighted by Crippen LogP contribution is 2.37. The second-order valence-electron chi connectivity index (χ2n) is 6.63. The number of likely N-dealkylation sites (tertiary alicyclic amines) is 1. The molecule has 3 heterocycles. The van der Waals surface area contributed by atoms with Gasteiger partial charge in [0, 0.05) is 25.3 Å². The van der Waals surface area contributed by atoms with Crippen LogP contribution >= 0.6 is 0 Å². The standard InChI is InChI=1S/C17H25N3O2/c1-13(2)19-9-6-17(7-10-19)14(3)20(16(21)12-22-17)15-5-4-8-18-11-15/h4-5,8,11,13-14H,6-7,9-10,12H2,1-3H3. The van der Waals surface area contributed by atoms with Crippen molar-refractivity contribution in [2.24, 2.45) is 0 Å². The Bertz CT molecular complexity index is 524. The Morgan fingerprint density at radius 1 is 1.36 bits per heavy atom. The summed E-state index contributed by atoms with van der Waals surface area (Å²) in [6, 6.07) is 4.42. The Hall–Kier alpha value is -1.46. The molecule has 0 saturated carbocycles. The molecule has 0 aliphatic carbocycles. The van der Waals surface area contributed by atoms with Gasteiger partial charge in [-0.2, -0.15) is 0 Å². The van der Waals surface area contributed by atoms with E-state index < -0.39 is 0 Å². The lowest BCUT2D eigenvalue weighted by Crippen LogP contribution is -2.64. The molecule has 3 rings (SSSR count). The van der Waals surface area contributed by atoms with Crippen LogP contribution in [0.25, 0.3) is 0 Å². The third-order valence-corrected chi connectivity index (χ3v) is 5.20. The van der Waals surface area contributed by atoms with Crippen molar-refractivity contribution in [3.8, 4) is 0 Å². The number of piperidine rings is 1. The fourth-order valence-corrected chi connectivity index (χ4v) is 3.69. The molecule has 5 heteroatoms. The number of rotatable bonds is 2. The first-order chi connectivity index (χ1) is 10.5. The Kier molecular flexibility index (Phi) is 4.19. The summed E-state index contributed by atoms with van der Waals surface area (Å²) in [5.74, 6) is 0.0254. The van der Waals surface area contributed by atoms with Crippen LogP contribution in [0.4, 0.5) is 5.69 Å². The highest BCUT2D eigenvalue weighted by Gasteiger charge is 2.48. The lowest BCUT2D eigenvalue weighted by atomic mass is 9.82. The maximum absolute atomic E-state index is 12.4. The molecule has 1 atom stereocenters. The molecule has 2 fully saturated rings. The van der Waals surface area contributed by atoms with Crippen LogP contribution in [0.1, 0.15) is 33.6 Å². The number of amides is 1. The van der Waals surface area contributed by atoms with Gasteiger partial charge >= 0.3 is 0 Å². The van der Waals surface area contributed by atoms with Gasteiger partial charge in [-0.1, -0.05) is 0 Å². The van der Waals surface area contributed by atoms with Gasteiger partial charge in [-0.3, -0.25) is 9.78 Å². The molecular formula is C17H25N3O2. The van der Waals surface area contributed by atoms with Crippen LogP contribution in [0.2, 0.25) is 0 Å². The highest BCUT2D eigenvalue weighted by molar-refractivity contribution is 5.95. The van der Waals surface area contributed by atoms with Gasteiger partial charge in [0.2, 0.25) is 0 Å². The average Bonchev–Trinajstić information content (AvgIpc) is 2.53. The van der Waals surface area contributed by atoms with Gasteiger partial charge in [0.15, 0.2) is 0 Å². The minimum absolute atomic E-state index is 0.0254. The van der Waals surface area contributed by atoms with Crippen molar-refractivity contribution < 1.29 is 9.53 Å². The van der Waals surface area contributed by atoms with Crippen molar-refractivity contribution in [1.82, 2.24) is 9.88 Å². The number of hydrogen-bond donors (Lipinski definition) is 0. The number of carbonyl (C=O) groups is 1. The first-order valence-corrected chi connectivity index (χ1v) is 8.13. The maximum Gasteiger partial charge on any atom is 0.253 e. The molecule has 1 aromatic heterocycles. The van der Waals surface area contributed by atoms with Crippen LogP contribution in [-0.4, -0.2) is 53.2 Å². The molecule has 1 spiro atoms. The number of ether oxygens (including phenoxy) is 1. The van der Waals surface area contributed by atoms with E-state index in [2.05, 4.69) is 30.7 Å². The number of anilines is 1. The summed E-state index contributed by atoms with van der Waals surface area (Å²) in [6.45, 7) is 8.79. The molecule has 1 aromatic rings. The largest absolute Gasteiger partial charge is 0.363 e. The summed E-state index contributed by atoms with van der Waals surface area (Å²) in [6.07, 6.45) is 5.43. The zero-order valence-electron chi connectivity index (χ0n) is 13.7. The first kappa shape index (κ1) is 15.4. The average molecular weight is 303 g/mol. The van der Waals surface area contributed by atoms with Crippen molar-refractivity contribution in [2.45, 2.75) is 51.3 Å². The van der Waals surface area contributed by atoms with Crippen LogP contribution in [0.3, 0.4) is 0 Å². The summed E-state index contributed by atoms with van der Waals surface area (Å²) in [5, 5.41) is 0. The van der Waals surface area contributed by atoms with E-state index in [0.29, 0.717) is 6.04 Å². The number of aromatic nitrogens is 1. The van der Waals surface area contributed by atoms with E-state index in [9.17, 15) is 4.79 Å². The van der Waals surface area contributed by atoms with Gasteiger partial charge < -0.3 is 14.5 Å². The predicted molar refractivity (Wildman–Crippen MR) is 85.8 cm³/mol. The highest BCUT2D eigenvalue weighted by atomic mass is 16.5. The summed E-state index contributed by atoms with van der Waals surface area (Å²) >= 11 is 0. The minimum Gasteiger partial charge on any atom is -0.363 e. The van der Waals surface area contributed by atoms with Gasteiger partial charge in [-0.15, -0.1) is 0 Å². The number of pyridine rings is 1. The van der Waals surface area contributed by atoms with E-state index in [0.717, 1.165) is 31.6 Å². The molecule has 120 valence electrons. The van der Waals surface area contributed by atoms with E-state index in [1.807, 2.05) is 17.0 Å². The number of hydrogen-bond acceptors (Lipinski definition) is 4. The summed E-state index contributed by atoms with van der Waals surface area (Å²) in [7, 11) is 0. The molecule has 1 amide bonds. The van der Waals surface area contributed by atoms with Crippen LogP contribution in [-0.2, 0) is 9.53 Å². The third-order valence-electron chi connectivity index (χ3n) is 5.20. The van der Waals surface area contributed by atoms with Crippen molar-refractivity contribution in [3.63, 3.8) is 0 Å². The van der Waals surface area contributed by atoms with E-state index in [-0.39, 0.29) is 24.2 Å². The molecule has 0 bridgehead atoms. The van der Waals surface area contributed by atoms with Gasteiger partial charge in [-0.25, -0.2) is 0 Å². The molecule has 1 unspecified atom stereocenters. The molecular weight excluding hydrogens is 278 g/mol. The van der Waals surface area contributed by atoms with Gasteiger partial charge in [0.1, 0.15) is 6.61 Å². The third kappa shape index (κ3) is 2.63. The van der Waals surface area contributed by atoms with Gasteiger partial charge in [0.05, 0.1) is 23.5 Å². The molecule has 2 aliphatic rings. The van der Waals surface area contributed by atoms with Crippen LogP contribution in [0, 0.1) is 0 Å². The Balaban J connectivity index is 1.82. The van der Waals surface area contributed by atoms with Crippen molar-refractivity contribution >= 4 is 11.6 Å². The Morgan fingerprint density at radius 3 is 2.68 bits per heavy atom. The fraction of sp³-hybridized carbons (Fsp3) is 0.647. The second-order valence-corrected chi connectivity index (χ2v) is 6.63. The zero-order valence-corrected chi connectivity index (χ0v) is 13.7. The molecule has 0 radical (unpaired) electrons. The summed E-state index contributed by atoms with van der Waals surface area (Å²) < 4.78 is 6.07. The Labute approximate surface area is 132 Å². The van der Waals surface area contributed by atoms with Crippen LogP contribution in [0.5, 0.6) is 0 Å². The van der Waals surface area contributed by atoms with E-state index >= 15 is 0 Å². The molecule has 0 N–H and O–H groups in total. The van der Waals surface area contributed by atoms with E-state index in [4.69, 9.17) is 4.74 Å². The van der Waals surface area contributed by atoms with Crippen LogP contribution < -0.4 is 4.90 Å². The SMILES string of the molecule is CC(C)N1CCC2(CC1)OCC(=O)N(c1cccnc1)C2C. The smallest absolute Gasteiger partial charge is 0.253 e. The Morgan fingerprint density at radius 2 is 2.09 bits per heavy atom. The maximum atomic E-state index is 12.4. The minimum atomic E-state index is -0.227. The van der Waals surface area contributed by atoms with Gasteiger partial charge in [0.25, 0.3) is 5.91 Å². The fourth-order valence-electron chi connectivity index (χ4n) is 3.69. The number of morpholine rings is 1. The second kappa shape index (κ2) is 5.97. The lowest BCUT2D eigenvalue weighted by Gasteiger charge is -2.52. The summed E-state index contributed by atoms with van der Waals surface area (Å²) in [4.78, 5) is 20.9. The number of nitrogens with zero attached hydrogens (tertiary/aromatic N) is 3. The topological polar surface area (TPSA) is 45.7 Å². The predicted octanol–water partition coefficient (Wildman–Crippen LogP) is 2.08. The van der Waals surface area contributed by atoms with Gasteiger partial charge in [-0.05, 0) is 45.7 Å². The molecule has 0 aromatic carbocycles. The normalized spacial score (nSPS) is 25.9. The van der Waals surface area contributed by atoms with E-state index in [1.54, 1.807) is 12.4 Å². The quantitative estimate of drug-likeness (QED) is 0.839. The summed E-state index contributed by atoms with van der Waals surface area (Å²) in [5.41, 5.74) is 0.642. The van der Waals surface area contributed by atoms with E-state index in [1.165, 1.54) is 0 Å². The molecule has 2 aliphatic heterocycles. The number of carbonyl (C=O) groups excluding carboxylic acids is 1. The van der Waals surface area contributed by atoms with Crippen molar-refractivity contribution in [1.29, 1.82) is 0 Å². The first-order valence-electron chi connectivity index (χ1n) is 8.13. The molecule has 22 heavy (non-hydrogen) atoms.